The summed E-state index contributed by atoms with van der Waals surface area (Å²) in [7, 11) is 0. The second kappa shape index (κ2) is 7.07. The molecule has 9 nitrogen and oxygen atoms in total. The molecule has 3 rings (SSSR count). The van der Waals surface area contributed by atoms with Crippen molar-refractivity contribution >= 4 is 34.1 Å². The zero-order valence-electron chi connectivity index (χ0n) is 13.1. The van der Waals surface area contributed by atoms with Gasteiger partial charge in [-0.05, 0) is 30.9 Å². The summed E-state index contributed by atoms with van der Waals surface area (Å²) in [4.78, 5) is 20.1. The number of aromatic nitrogens is 3. The van der Waals surface area contributed by atoms with E-state index in [-0.39, 0.29) is 24.4 Å². The van der Waals surface area contributed by atoms with Crippen molar-refractivity contribution in [3.05, 3.63) is 23.7 Å². The lowest BCUT2D eigenvalue weighted by molar-refractivity contribution is 0.0996. The Kier molecular flexibility index (Phi) is 4.88. The standard InChI is InChI=1S/C14H19N7O2S/c1-7-2-11(24-21-7)20-14-12(13(15)23)17-5-10(19-14)18-8-3-9(6-22)16-4-8/h2,5,8-9,16,22H,3-4,6H2,1H3,(H2,15,23)(H2,18,19,20)/t8-,9-/m1/s1. The molecule has 10 heteroatoms. The Morgan fingerprint density at radius 3 is 3.04 bits per heavy atom. The Balaban J connectivity index is 1.79. The minimum Gasteiger partial charge on any atom is -0.395 e. The van der Waals surface area contributed by atoms with E-state index in [1.807, 2.05) is 13.0 Å². The van der Waals surface area contributed by atoms with Crippen molar-refractivity contribution in [1.82, 2.24) is 19.7 Å². The number of nitrogens with one attached hydrogen (secondary N) is 3. The Morgan fingerprint density at radius 1 is 1.58 bits per heavy atom. The number of aliphatic hydroxyl groups excluding tert-OH is 1. The van der Waals surface area contributed by atoms with E-state index in [9.17, 15) is 9.90 Å². The van der Waals surface area contributed by atoms with Crippen molar-refractivity contribution in [2.75, 3.05) is 23.8 Å². The van der Waals surface area contributed by atoms with Gasteiger partial charge in [-0.25, -0.2) is 9.97 Å². The van der Waals surface area contributed by atoms with Crippen LogP contribution in [0.1, 0.15) is 22.6 Å². The number of hydrogen-bond acceptors (Lipinski definition) is 9. The topological polar surface area (TPSA) is 138 Å². The summed E-state index contributed by atoms with van der Waals surface area (Å²) in [5.41, 5.74) is 6.32. The summed E-state index contributed by atoms with van der Waals surface area (Å²) in [6.07, 6.45) is 2.27. The van der Waals surface area contributed by atoms with E-state index in [0.29, 0.717) is 11.6 Å². The first-order valence-corrected chi connectivity index (χ1v) is 8.30. The van der Waals surface area contributed by atoms with Crippen molar-refractivity contribution in [1.29, 1.82) is 0 Å². The minimum atomic E-state index is -0.652. The van der Waals surface area contributed by atoms with Crippen LogP contribution in [0.25, 0.3) is 0 Å². The van der Waals surface area contributed by atoms with Crippen LogP contribution in [0.4, 0.5) is 16.6 Å². The highest BCUT2D eigenvalue weighted by Crippen LogP contribution is 2.23. The van der Waals surface area contributed by atoms with Crippen molar-refractivity contribution < 1.29 is 9.90 Å². The Labute approximate surface area is 142 Å². The number of hydrogen-bond donors (Lipinski definition) is 5. The van der Waals surface area contributed by atoms with Crippen molar-refractivity contribution in [3.63, 3.8) is 0 Å². The molecule has 3 heterocycles. The first-order valence-electron chi connectivity index (χ1n) is 7.53. The predicted molar refractivity (Wildman–Crippen MR) is 91.6 cm³/mol. The Bertz CT molecular complexity index is 736. The molecule has 128 valence electrons. The summed E-state index contributed by atoms with van der Waals surface area (Å²) in [6, 6.07) is 2.07. The number of aliphatic hydroxyl groups is 1. The van der Waals surface area contributed by atoms with Crippen LogP contribution < -0.4 is 21.7 Å². The van der Waals surface area contributed by atoms with Crippen LogP contribution in [0.5, 0.6) is 0 Å². The number of nitrogens with two attached hydrogens (primary N) is 1. The van der Waals surface area contributed by atoms with E-state index in [1.165, 1.54) is 17.7 Å². The van der Waals surface area contributed by atoms with Gasteiger partial charge >= 0.3 is 0 Å². The second-order valence-electron chi connectivity index (χ2n) is 5.64. The molecule has 2 aromatic rings. The molecule has 1 fully saturated rings. The molecule has 0 spiro atoms. The molecule has 0 aliphatic carbocycles. The largest absolute Gasteiger partial charge is 0.395 e. The number of carbonyl (C=O) groups is 1. The van der Waals surface area contributed by atoms with Gasteiger partial charge in [0.2, 0.25) is 0 Å². The summed E-state index contributed by atoms with van der Waals surface area (Å²) in [5, 5.41) is 19.4. The molecule has 0 radical (unpaired) electrons. The molecule has 2 aromatic heterocycles. The smallest absolute Gasteiger partial charge is 0.271 e. The molecule has 1 aliphatic heterocycles. The molecule has 0 saturated carbocycles. The fourth-order valence-corrected chi connectivity index (χ4v) is 3.20. The number of primary amides is 1. The lowest BCUT2D eigenvalue weighted by atomic mass is 10.2. The van der Waals surface area contributed by atoms with Gasteiger partial charge in [-0.15, -0.1) is 0 Å². The maximum absolute atomic E-state index is 11.6. The summed E-state index contributed by atoms with van der Waals surface area (Å²) >= 11 is 1.27. The molecular weight excluding hydrogens is 330 g/mol. The van der Waals surface area contributed by atoms with Gasteiger partial charge in [-0.1, -0.05) is 0 Å². The lowest BCUT2D eigenvalue weighted by Crippen LogP contribution is -2.25. The highest BCUT2D eigenvalue weighted by Gasteiger charge is 2.24. The molecule has 0 bridgehead atoms. The third-order valence-electron chi connectivity index (χ3n) is 3.67. The highest BCUT2D eigenvalue weighted by atomic mass is 32.1. The van der Waals surface area contributed by atoms with E-state index >= 15 is 0 Å². The van der Waals surface area contributed by atoms with E-state index in [4.69, 9.17) is 5.73 Å². The summed E-state index contributed by atoms with van der Waals surface area (Å²) in [6.45, 7) is 2.70. The van der Waals surface area contributed by atoms with Crippen molar-refractivity contribution in [3.8, 4) is 0 Å². The van der Waals surface area contributed by atoms with Crippen LogP contribution >= 0.6 is 11.5 Å². The minimum absolute atomic E-state index is 0.0735. The summed E-state index contributed by atoms with van der Waals surface area (Å²) in [5.74, 6) is 0.176. The van der Waals surface area contributed by atoms with Gasteiger partial charge < -0.3 is 26.8 Å². The van der Waals surface area contributed by atoms with Gasteiger partial charge in [0.1, 0.15) is 10.8 Å². The van der Waals surface area contributed by atoms with Crippen LogP contribution in [0.3, 0.4) is 0 Å². The molecule has 6 N–H and O–H groups in total. The molecule has 0 aromatic carbocycles. The molecular formula is C14H19N7O2S. The zero-order chi connectivity index (χ0) is 17.1. The number of anilines is 3. The maximum atomic E-state index is 11.6. The second-order valence-corrected chi connectivity index (χ2v) is 6.44. The number of nitrogens with zero attached hydrogens (tertiary/aromatic N) is 3. The van der Waals surface area contributed by atoms with Crippen LogP contribution in [0.2, 0.25) is 0 Å². The molecule has 1 amide bonds. The first-order chi connectivity index (χ1) is 11.5. The number of amides is 1. The van der Waals surface area contributed by atoms with Gasteiger partial charge in [0.05, 0.1) is 18.5 Å². The SMILES string of the molecule is Cc1cc(Nc2nc(N[C@H]3CN[C@@H](CO)C3)cnc2C(N)=O)sn1. The maximum Gasteiger partial charge on any atom is 0.271 e. The van der Waals surface area contributed by atoms with Crippen LogP contribution in [0.15, 0.2) is 12.3 Å². The fourth-order valence-electron chi connectivity index (χ4n) is 2.54. The first kappa shape index (κ1) is 16.6. The van der Waals surface area contributed by atoms with Gasteiger partial charge in [-0.2, -0.15) is 4.37 Å². The van der Waals surface area contributed by atoms with Crippen LogP contribution in [-0.2, 0) is 0 Å². The van der Waals surface area contributed by atoms with Crippen molar-refractivity contribution in [2.24, 2.45) is 5.73 Å². The van der Waals surface area contributed by atoms with E-state index in [2.05, 4.69) is 30.3 Å². The predicted octanol–water partition coefficient (Wildman–Crippen LogP) is 0.219. The Morgan fingerprint density at radius 2 is 2.42 bits per heavy atom. The van der Waals surface area contributed by atoms with Gasteiger partial charge in [-0.3, -0.25) is 4.79 Å². The molecule has 2 atom stereocenters. The van der Waals surface area contributed by atoms with Crippen molar-refractivity contribution in [2.45, 2.75) is 25.4 Å². The quantitative estimate of drug-likeness (QED) is 0.499. The third-order valence-corrected chi connectivity index (χ3v) is 4.47. The zero-order valence-corrected chi connectivity index (χ0v) is 13.9. The summed E-state index contributed by atoms with van der Waals surface area (Å²) < 4.78 is 4.18. The molecule has 1 aliphatic rings. The number of carbonyl (C=O) groups excluding carboxylic acids is 1. The van der Waals surface area contributed by atoms with Gasteiger partial charge in [0.15, 0.2) is 11.5 Å². The van der Waals surface area contributed by atoms with Crippen LogP contribution in [-0.4, -0.2) is 50.6 Å². The average Bonchev–Trinajstić information content (AvgIpc) is 3.16. The van der Waals surface area contributed by atoms with Crippen LogP contribution in [0, 0.1) is 6.92 Å². The van der Waals surface area contributed by atoms with E-state index < -0.39 is 5.91 Å². The monoisotopic (exact) mass is 349 g/mol. The number of aryl methyl sites for hydroxylation is 1. The van der Waals surface area contributed by atoms with Gasteiger partial charge in [0, 0.05) is 18.6 Å². The highest BCUT2D eigenvalue weighted by molar-refractivity contribution is 7.10. The lowest BCUT2D eigenvalue weighted by Gasteiger charge is -2.14. The van der Waals surface area contributed by atoms with E-state index in [1.54, 1.807) is 0 Å². The third kappa shape index (κ3) is 3.78. The molecule has 0 unspecified atom stereocenters. The average molecular weight is 349 g/mol. The fraction of sp³-hybridized carbons (Fsp3) is 0.429. The number of rotatable bonds is 6. The van der Waals surface area contributed by atoms with Gasteiger partial charge in [0.25, 0.3) is 5.91 Å². The normalized spacial score (nSPS) is 20.1. The molecule has 1 saturated heterocycles. The van der Waals surface area contributed by atoms with E-state index in [0.717, 1.165) is 23.7 Å². The Hall–Kier alpha value is -2.30. The molecule has 24 heavy (non-hydrogen) atoms.